The minimum atomic E-state index is -1.41. The zero-order valence-electron chi connectivity index (χ0n) is 14.7. The molecule has 0 aromatic heterocycles. The molecule has 0 bridgehead atoms. The summed E-state index contributed by atoms with van der Waals surface area (Å²) >= 11 is 0.938. The van der Waals surface area contributed by atoms with Crippen LogP contribution in [-0.2, 0) is 14.2 Å². The maximum absolute atomic E-state index is 10.1. The molecule has 0 aliphatic carbocycles. The number of thioether (sulfide) groups is 1. The third kappa shape index (κ3) is 6.31. The Hall–Kier alpha value is -0.450. The van der Waals surface area contributed by atoms with Gasteiger partial charge in [0.15, 0.2) is 6.29 Å². The highest BCUT2D eigenvalue weighted by molar-refractivity contribution is 8.00. The fourth-order valence-electron chi connectivity index (χ4n) is 2.39. The lowest BCUT2D eigenvalue weighted by Gasteiger charge is -2.41. The molecule has 1 heterocycles. The predicted octanol–water partition coefficient (Wildman–Crippen LogP) is -2.36. The van der Waals surface area contributed by atoms with Gasteiger partial charge in [-0.1, -0.05) is 5.92 Å². The number of terminal acetylenes is 1. The summed E-state index contributed by atoms with van der Waals surface area (Å²) < 4.78 is 16.2. The summed E-state index contributed by atoms with van der Waals surface area (Å²) in [5.74, 6) is 2.24. The van der Waals surface area contributed by atoms with Crippen LogP contribution >= 0.6 is 11.8 Å². The first-order valence-electron chi connectivity index (χ1n) is 8.22. The van der Waals surface area contributed by atoms with Crippen LogP contribution in [0.3, 0.4) is 0 Å². The van der Waals surface area contributed by atoms with Crippen molar-refractivity contribution >= 4 is 11.8 Å². The second-order valence-electron chi connectivity index (χ2n) is 6.02. The first-order chi connectivity index (χ1) is 12.3. The van der Waals surface area contributed by atoms with Crippen molar-refractivity contribution < 1.29 is 44.8 Å². The molecule has 0 spiro atoms. The molecular formula is C16H28O9S. The van der Waals surface area contributed by atoms with Crippen molar-refractivity contribution in [1.29, 1.82) is 0 Å². The summed E-state index contributed by atoms with van der Waals surface area (Å²) in [6.45, 7) is 1.89. The van der Waals surface area contributed by atoms with Crippen molar-refractivity contribution in [2.75, 3.05) is 19.8 Å². The topological polar surface area (TPSA) is 149 Å². The van der Waals surface area contributed by atoms with Gasteiger partial charge in [-0.05, 0) is 13.8 Å². The molecule has 10 heteroatoms. The standard InChI is InChI=1S/C16H28O9S/c1-4-5-23-15(8(2)19)25-10(6-17)11(7-18)26-16-14(22)13(21)12(20)9(3)24-16/h1,8-22H,5-7H2,2-3H3/t8-,9?,10?,11-,12-,13?,14-,15+,16-/m0/s1. The van der Waals surface area contributed by atoms with E-state index in [4.69, 9.17) is 20.6 Å². The molecule has 0 radical (unpaired) electrons. The number of aliphatic hydroxyl groups excluding tert-OH is 6. The van der Waals surface area contributed by atoms with Gasteiger partial charge in [0.2, 0.25) is 0 Å². The number of rotatable bonds is 10. The maximum atomic E-state index is 10.1. The Morgan fingerprint density at radius 2 is 1.81 bits per heavy atom. The Balaban J connectivity index is 2.78. The summed E-state index contributed by atoms with van der Waals surface area (Å²) in [6.07, 6.45) is -2.82. The summed E-state index contributed by atoms with van der Waals surface area (Å²) in [4.78, 5) is 0. The molecule has 0 aromatic carbocycles. The van der Waals surface area contributed by atoms with Crippen LogP contribution in [0.2, 0.25) is 0 Å². The van der Waals surface area contributed by atoms with E-state index in [1.165, 1.54) is 6.92 Å². The molecule has 1 saturated heterocycles. The smallest absolute Gasteiger partial charge is 0.184 e. The Kier molecular flexibility index (Phi) is 10.3. The minimum Gasteiger partial charge on any atom is -0.395 e. The van der Waals surface area contributed by atoms with E-state index in [-0.39, 0.29) is 6.61 Å². The van der Waals surface area contributed by atoms with E-state index < -0.39 is 66.8 Å². The Morgan fingerprint density at radius 1 is 1.15 bits per heavy atom. The summed E-state index contributed by atoms with van der Waals surface area (Å²) in [5, 5.41) is 57.9. The van der Waals surface area contributed by atoms with Crippen molar-refractivity contribution in [3.8, 4) is 12.3 Å². The zero-order chi connectivity index (χ0) is 19.9. The second-order valence-corrected chi connectivity index (χ2v) is 7.36. The molecule has 26 heavy (non-hydrogen) atoms. The maximum Gasteiger partial charge on any atom is 0.184 e. The highest BCUT2D eigenvalue weighted by Gasteiger charge is 2.44. The molecule has 1 aliphatic heterocycles. The molecule has 1 rings (SSSR count). The molecule has 152 valence electrons. The van der Waals surface area contributed by atoms with Crippen molar-refractivity contribution in [3.05, 3.63) is 0 Å². The van der Waals surface area contributed by atoms with Gasteiger partial charge >= 0.3 is 0 Å². The van der Waals surface area contributed by atoms with Crippen LogP contribution in [-0.4, -0.2) is 104 Å². The van der Waals surface area contributed by atoms with Crippen LogP contribution in [0.15, 0.2) is 0 Å². The predicted molar refractivity (Wildman–Crippen MR) is 93.0 cm³/mol. The number of hydrogen-bond donors (Lipinski definition) is 6. The Labute approximate surface area is 156 Å². The van der Waals surface area contributed by atoms with Crippen LogP contribution in [0.5, 0.6) is 0 Å². The Bertz CT molecular complexity index is 444. The average molecular weight is 396 g/mol. The van der Waals surface area contributed by atoms with Gasteiger partial charge in [-0.2, -0.15) is 0 Å². The largest absolute Gasteiger partial charge is 0.395 e. The van der Waals surface area contributed by atoms with Gasteiger partial charge in [0.05, 0.1) is 30.7 Å². The highest BCUT2D eigenvalue weighted by atomic mass is 32.2. The van der Waals surface area contributed by atoms with E-state index in [0.717, 1.165) is 11.8 Å². The number of hydrogen-bond acceptors (Lipinski definition) is 10. The molecule has 9 atom stereocenters. The minimum absolute atomic E-state index is 0.114. The summed E-state index contributed by atoms with van der Waals surface area (Å²) in [5.41, 5.74) is -0.963. The number of aliphatic hydroxyl groups is 6. The van der Waals surface area contributed by atoms with Gasteiger partial charge in [-0.15, -0.1) is 18.2 Å². The third-order valence-electron chi connectivity index (χ3n) is 3.93. The van der Waals surface area contributed by atoms with Gasteiger partial charge in [0.25, 0.3) is 0 Å². The van der Waals surface area contributed by atoms with Gasteiger partial charge in [0.1, 0.15) is 36.5 Å². The molecule has 1 aliphatic rings. The van der Waals surface area contributed by atoms with Crippen molar-refractivity contribution in [2.24, 2.45) is 0 Å². The van der Waals surface area contributed by atoms with Gasteiger partial charge in [-0.25, -0.2) is 0 Å². The lowest BCUT2D eigenvalue weighted by atomic mass is 10.0. The number of ether oxygens (including phenoxy) is 3. The lowest BCUT2D eigenvalue weighted by Crippen LogP contribution is -2.56. The molecule has 0 aromatic rings. The molecule has 9 nitrogen and oxygen atoms in total. The van der Waals surface area contributed by atoms with Gasteiger partial charge in [0, 0.05) is 0 Å². The Morgan fingerprint density at radius 3 is 2.31 bits per heavy atom. The van der Waals surface area contributed by atoms with E-state index in [0.29, 0.717) is 0 Å². The average Bonchev–Trinajstić information content (AvgIpc) is 2.62. The van der Waals surface area contributed by atoms with Crippen LogP contribution in [0.1, 0.15) is 13.8 Å². The van der Waals surface area contributed by atoms with Gasteiger partial charge < -0.3 is 44.8 Å². The van der Waals surface area contributed by atoms with Gasteiger partial charge in [-0.3, -0.25) is 0 Å². The second kappa shape index (κ2) is 11.4. The fourth-order valence-corrected chi connectivity index (χ4v) is 3.71. The molecule has 1 fully saturated rings. The van der Waals surface area contributed by atoms with Crippen molar-refractivity contribution in [3.63, 3.8) is 0 Å². The SMILES string of the molecule is C#CCO[C@H](OC(CO)[C@H](CO)S[C@@H]1OC(C)[C@H](O)C(O)[C@@H]1O)[C@H](C)O. The van der Waals surface area contributed by atoms with Crippen molar-refractivity contribution in [1.82, 2.24) is 0 Å². The van der Waals surface area contributed by atoms with Crippen LogP contribution in [0.4, 0.5) is 0 Å². The van der Waals surface area contributed by atoms with E-state index in [1.807, 2.05) is 0 Å². The third-order valence-corrected chi connectivity index (χ3v) is 5.39. The van der Waals surface area contributed by atoms with Crippen LogP contribution < -0.4 is 0 Å². The first kappa shape index (κ1) is 23.6. The molecule has 3 unspecified atom stereocenters. The quantitative estimate of drug-likeness (QED) is 0.175. The molecular weight excluding hydrogens is 368 g/mol. The van der Waals surface area contributed by atoms with Crippen molar-refractivity contribution in [2.45, 2.75) is 67.4 Å². The first-order valence-corrected chi connectivity index (χ1v) is 9.16. The summed E-state index contributed by atoms with van der Waals surface area (Å²) in [7, 11) is 0. The normalized spacial score (nSPS) is 33.9. The molecule has 6 N–H and O–H groups in total. The molecule has 0 saturated carbocycles. The van der Waals surface area contributed by atoms with E-state index in [1.54, 1.807) is 6.92 Å². The lowest BCUT2D eigenvalue weighted by molar-refractivity contribution is -0.213. The summed E-state index contributed by atoms with van der Waals surface area (Å²) in [6, 6.07) is 0. The monoisotopic (exact) mass is 396 g/mol. The zero-order valence-corrected chi connectivity index (χ0v) is 15.5. The molecule has 0 amide bonds. The van der Waals surface area contributed by atoms with E-state index in [2.05, 4.69) is 5.92 Å². The van der Waals surface area contributed by atoms with E-state index >= 15 is 0 Å². The van der Waals surface area contributed by atoms with Crippen LogP contribution in [0.25, 0.3) is 0 Å². The highest BCUT2D eigenvalue weighted by Crippen LogP contribution is 2.33. The fraction of sp³-hybridized carbons (Fsp3) is 0.875. The van der Waals surface area contributed by atoms with E-state index in [9.17, 15) is 30.6 Å². The van der Waals surface area contributed by atoms with Crippen LogP contribution in [0, 0.1) is 12.3 Å².